The van der Waals surface area contributed by atoms with E-state index in [1.807, 2.05) is 36.5 Å². The Balaban J connectivity index is 1.38. The summed E-state index contributed by atoms with van der Waals surface area (Å²) in [6.45, 7) is 2.11. The summed E-state index contributed by atoms with van der Waals surface area (Å²) in [4.78, 5) is 4.88. The average Bonchev–Trinajstić information content (AvgIpc) is 3.18. The van der Waals surface area contributed by atoms with Crippen LogP contribution in [0.3, 0.4) is 0 Å². The minimum Gasteiger partial charge on any atom is -0.521 e. The Bertz CT molecular complexity index is 1760. The molecule has 1 atom stereocenters. The molecule has 0 aliphatic carbocycles. The topological polar surface area (TPSA) is 30.8 Å². The van der Waals surface area contributed by atoms with Crippen molar-refractivity contribution in [2.45, 2.75) is 13.0 Å². The second-order valence-corrected chi connectivity index (χ2v) is 9.88. The third-order valence-corrected chi connectivity index (χ3v) is 7.47. The van der Waals surface area contributed by atoms with Crippen molar-refractivity contribution in [2.75, 3.05) is 0 Å². The highest BCUT2D eigenvalue weighted by atomic mass is 16.6. The lowest BCUT2D eigenvalue weighted by molar-refractivity contribution is 0.448. The van der Waals surface area contributed by atoms with E-state index < -0.39 is 7.12 Å². The van der Waals surface area contributed by atoms with E-state index in [0.29, 0.717) is 0 Å². The number of hydrogen-bond acceptors (Lipinski definition) is 3. The summed E-state index contributed by atoms with van der Waals surface area (Å²) in [7, 11) is -0.637. The van der Waals surface area contributed by atoms with Crippen LogP contribution in [0.5, 0.6) is 11.5 Å². The first-order valence-electron chi connectivity index (χ1n) is 13.3. The molecule has 0 N–H and O–H groups in total. The molecule has 6 aromatic carbocycles. The molecule has 1 aliphatic heterocycles. The van der Waals surface area contributed by atoms with Crippen molar-refractivity contribution in [2.24, 2.45) is 4.99 Å². The van der Waals surface area contributed by atoms with Gasteiger partial charge in [0.25, 0.3) is 0 Å². The van der Waals surface area contributed by atoms with E-state index >= 15 is 0 Å². The lowest BCUT2D eigenvalue weighted by Crippen LogP contribution is -2.44. The van der Waals surface area contributed by atoms with Crippen molar-refractivity contribution in [3.63, 3.8) is 0 Å². The molecule has 6 aromatic rings. The van der Waals surface area contributed by atoms with Crippen molar-refractivity contribution < 1.29 is 9.31 Å². The largest absolute Gasteiger partial charge is 0.633 e. The molecule has 0 fully saturated rings. The molecule has 186 valence electrons. The van der Waals surface area contributed by atoms with Crippen LogP contribution in [0.15, 0.2) is 132 Å². The normalized spacial score (nSPS) is 13.4. The zero-order valence-electron chi connectivity index (χ0n) is 21.6. The summed E-state index contributed by atoms with van der Waals surface area (Å²) in [5, 5.41) is 4.62. The molecule has 0 amide bonds. The third kappa shape index (κ3) is 4.24. The molecule has 0 saturated carbocycles. The highest BCUT2D eigenvalue weighted by molar-refractivity contribution is 6.64. The summed E-state index contributed by atoms with van der Waals surface area (Å²) in [5.41, 5.74) is 5.20. The van der Waals surface area contributed by atoms with Crippen LogP contribution in [0, 0.1) is 0 Å². The molecule has 1 aliphatic rings. The van der Waals surface area contributed by atoms with Crippen molar-refractivity contribution in [1.29, 1.82) is 0 Å². The lowest BCUT2D eigenvalue weighted by atomic mass is 9.75. The summed E-state index contributed by atoms with van der Waals surface area (Å²) in [5.74, 6) is 1.61. The Morgan fingerprint density at radius 1 is 0.590 bits per heavy atom. The second kappa shape index (κ2) is 9.81. The first kappa shape index (κ1) is 23.3. The maximum Gasteiger partial charge on any atom is 0.633 e. The van der Waals surface area contributed by atoms with Crippen LogP contribution in [0.4, 0.5) is 0 Å². The Hall–Kier alpha value is -4.83. The van der Waals surface area contributed by atoms with Gasteiger partial charge in [0.2, 0.25) is 0 Å². The van der Waals surface area contributed by atoms with Crippen LogP contribution in [-0.2, 0) is 0 Å². The van der Waals surface area contributed by atoms with E-state index in [9.17, 15) is 0 Å². The molecule has 0 saturated heterocycles. The molecule has 3 nitrogen and oxygen atoms in total. The first-order valence-corrected chi connectivity index (χ1v) is 13.3. The van der Waals surface area contributed by atoms with E-state index in [1.54, 1.807) is 0 Å². The van der Waals surface area contributed by atoms with E-state index in [0.717, 1.165) is 44.4 Å². The van der Waals surface area contributed by atoms with Crippen LogP contribution in [0.1, 0.15) is 24.1 Å². The standard InChI is InChI=1S/C35H26BNO2/c1-24(25-11-3-2-4-12-25)37-23-28-15-7-10-18-31(28)36-38-32-21-19-26-13-5-8-16-29(26)34(32)35-30-17-9-6-14-27(30)20-22-33(35)39-36/h2-24H,1H3/t24-/m1/s1. The number of nitrogens with zero attached hydrogens (tertiary/aromatic N) is 1. The van der Waals surface area contributed by atoms with Gasteiger partial charge in [-0.05, 0) is 51.7 Å². The molecular formula is C35H26BNO2. The number of rotatable bonds is 4. The van der Waals surface area contributed by atoms with E-state index in [1.165, 1.54) is 16.3 Å². The molecule has 0 spiro atoms. The molecule has 7 rings (SSSR count). The summed E-state index contributed by atoms with van der Waals surface area (Å²) >= 11 is 0. The Morgan fingerprint density at radius 2 is 1.13 bits per heavy atom. The fourth-order valence-corrected chi connectivity index (χ4v) is 5.45. The van der Waals surface area contributed by atoms with Gasteiger partial charge < -0.3 is 9.31 Å². The number of benzene rings is 6. The van der Waals surface area contributed by atoms with Crippen molar-refractivity contribution in [3.05, 3.63) is 139 Å². The van der Waals surface area contributed by atoms with Gasteiger partial charge >= 0.3 is 7.12 Å². The molecule has 0 radical (unpaired) electrons. The van der Waals surface area contributed by atoms with Crippen LogP contribution < -0.4 is 14.8 Å². The molecule has 1 heterocycles. The van der Waals surface area contributed by atoms with Crippen LogP contribution >= 0.6 is 0 Å². The second-order valence-electron chi connectivity index (χ2n) is 9.88. The fourth-order valence-electron chi connectivity index (χ4n) is 5.45. The van der Waals surface area contributed by atoms with Gasteiger partial charge in [-0.25, -0.2) is 0 Å². The monoisotopic (exact) mass is 503 g/mol. The highest BCUT2D eigenvalue weighted by Gasteiger charge is 2.34. The molecule has 39 heavy (non-hydrogen) atoms. The van der Waals surface area contributed by atoms with Crippen molar-refractivity contribution in [1.82, 2.24) is 0 Å². The highest BCUT2D eigenvalue weighted by Crippen LogP contribution is 2.47. The smallest absolute Gasteiger partial charge is 0.521 e. The van der Waals surface area contributed by atoms with Gasteiger partial charge in [-0.15, -0.1) is 0 Å². The fraction of sp³-hybridized carbons (Fsp3) is 0.0571. The van der Waals surface area contributed by atoms with Crippen LogP contribution in [0.2, 0.25) is 0 Å². The summed E-state index contributed by atoms with van der Waals surface area (Å²) in [6, 6.07) is 43.8. The lowest BCUT2D eigenvalue weighted by Gasteiger charge is -2.17. The van der Waals surface area contributed by atoms with Gasteiger partial charge in [-0.3, -0.25) is 4.99 Å². The predicted octanol–water partition coefficient (Wildman–Crippen LogP) is 8.01. The summed E-state index contributed by atoms with van der Waals surface area (Å²) < 4.78 is 13.5. The molecule has 0 bridgehead atoms. The van der Waals surface area contributed by atoms with Gasteiger partial charge in [0.15, 0.2) is 0 Å². The minimum absolute atomic E-state index is 0.0365. The zero-order chi connectivity index (χ0) is 26.2. The van der Waals surface area contributed by atoms with E-state index in [2.05, 4.69) is 104 Å². The Kier molecular flexibility index (Phi) is 5.86. The van der Waals surface area contributed by atoms with Gasteiger partial charge in [0, 0.05) is 22.8 Å². The Morgan fingerprint density at radius 3 is 1.77 bits per heavy atom. The van der Waals surface area contributed by atoms with Crippen LogP contribution in [-0.4, -0.2) is 13.3 Å². The molecule has 0 unspecified atom stereocenters. The minimum atomic E-state index is -0.637. The van der Waals surface area contributed by atoms with E-state index in [-0.39, 0.29) is 6.04 Å². The zero-order valence-corrected chi connectivity index (χ0v) is 21.6. The average molecular weight is 503 g/mol. The number of aliphatic imine (C=N–C) groups is 1. The maximum absolute atomic E-state index is 6.73. The Labute approximate surface area is 228 Å². The number of hydrogen-bond donors (Lipinski definition) is 0. The maximum atomic E-state index is 6.73. The quantitative estimate of drug-likeness (QED) is 0.180. The van der Waals surface area contributed by atoms with Crippen molar-refractivity contribution in [3.8, 4) is 22.6 Å². The van der Waals surface area contributed by atoms with Crippen molar-refractivity contribution >= 4 is 40.3 Å². The molecule has 0 aromatic heterocycles. The summed E-state index contributed by atoms with van der Waals surface area (Å²) in [6.07, 6.45) is 1.94. The van der Waals surface area contributed by atoms with Gasteiger partial charge in [0.1, 0.15) is 11.5 Å². The van der Waals surface area contributed by atoms with Crippen LogP contribution in [0.25, 0.3) is 32.7 Å². The number of fused-ring (bicyclic) bond motifs is 7. The first-order chi connectivity index (χ1) is 19.3. The van der Waals surface area contributed by atoms with Gasteiger partial charge in [-0.1, -0.05) is 115 Å². The van der Waals surface area contributed by atoms with Gasteiger partial charge in [-0.2, -0.15) is 0 Å². The molecule has 4 heteroatoms. The predicted molar refractivity (Wildman–Crippen MR) is 162 cm³/mol. The third-order valence-electron chi connectivity index (χ3n) is 7.47. The van der Waals surface area contributed by atoms with E-state index in [4.69, 9.17) is 14.3 Å². The van der Waals surface area contributed by atoms with Gasteiger partial charge in [0.05, 0.1) is 6.04 Å². The molecular weight excluding hydrogens is 477 g/mol. The SMILES string of the molecule is C[C@@H](N=Cc1ccccc1B1Oc2ccc3ccccc3c2-c2c(ccc3ccccc23)O1)c1ccccc1.